The van der Waals surface area contributed by atoms with Crippen molar-refractivity contribution in [1.82, 2.24) is 10.2 Å². The smallest absolute Gasteiger partial charge is 0.251 e. The first-order valence-electron chi connectivity index (χ1n) is 8.36. The summed E-state index contributed by atoms with van der Waals surface area (Å²) in [6, 6.07) is 7.73. The Morgan fingerprint density at radius 1 is 1.22 bits per heavy atom. The van der Waals surface area contributed by atoms with Gasteiger partial charge in [0.05, 0.1) is 0 Å². The summed E-state index contributed by atoms with van der Waals surface area (Å²) in [5, 5.41) is 2.97. The predicted molar refractivity (Wildman–Crippen MR) is 91.0 cm³/mol. The lowest BCUT2D eigenvalue weighted by Gasteiger charge is -2.30. The summed E-state index contributed by atoms with van der Waals surface area (Å²) in [6.45, 7) is 5.05. The highest BCUT2D eigenvalue weighted by Gasteiger charge is 2.34. The van der Waals surface area contributed by atoms with E-state index < -0.39 is 0 Å². The summed E-state index contributed by atoms with van der Waals surface area (Å²) in [5.74, 6) is 0.0426. The Balaban J connectivity index is 1.61. The number of amides is 2. The number of nitrogens with one attached hydrogen (secondary N) is 1. The predicted octanol–water partition coefficient (Wildman–Crippen LogP) is 2.99. The lowest BCUT2D eigenvalue weighted by atomic mass is 10.0. The van der Waals surface area contributed by atoms with E-state index >= 15 is 0 Å². The molecule has 122 valence electrons. The van der Waals surface area contributed by atoms with Crippen molar-refractivity contribution < 1.29 is 9.59 Å². The Morgan fingerprint density at radius 2 is 1.91 bits per heavy atom. The number of likely N-dealkylation sites (tertiary alicyclic amines) is 1. The summed E-state index contributed by atoms with van der Waals surface area (Å²) < 4.78 is 0. The van der Waals surface area contributed by atoms with Gasteiger partial charge in [-0.2, -0.15) is 0 Å². The van der Waals surface area contributed by atoms with Crippen molar-refractivity contribution in [2.75, 3.05) is 6.54 Å². The van der Waals surface area contributed by atoms with E-state index in [2.05, 4.69) is 19.2 Å². The van der Waals surface area contributed by atoms with Crippen molar-refractivity contribution in [3.63, 3.8) is 0 Å². The Bertz CT molecular complexity index is 627. The molecule has 1 aromatic carbocycles. The second-order valence-electron chi connectivity index (χ2n) is 7.11. The normalized spacial score (nSPS) is 20.0. The molecule has 1 aliphatic heterocycles. The molecule has 3 rings (SSSR count). The maximum atomic E-state index is 12.3. The molecule has 1 N–H and O–H groups in total. The molecule has 23 heavy (non-hydrogen) atoms. The topological polar surface area (TPSA) is 49.4 Å². The minimum atomic E-state index is -0.0494. The van der Waals surface area contributed by atoms with Crippen LogP contribution in [0.15, 0.2) is 30.3 Å². The number of carbonyl (C=O) groups excluding carboxylic acids is 2. The SMILES string of the molecule is CC1(C)CCCN1C(=O)/C=C\c1ccc(C(=O)NC2CC2)cc1. The van der Waals surface area contributed by atoms with Gasteiger partial charge in [-0.25, -0.2) is 0 Å². The highest BCUT2D eigenvalue weighted by Crippen LogP contribution is 2.28. The fourth-order valence-electron chi connectivity index (χ4n) is 3.02. The van der Waals surface area contributed by atoms with E-state index in [4.69, 9.17) is 0 Å². The molecule has 4 nitrogen and oxygen atoms in total. The fourth-order valence-corrected chi connectivity index (χ4v) is 3.02. The number of nitrogens with zero attached hydrogens (tertiary/aromatic N) is 1. The zero-order chi connectivity index (χ0) is 16.4. The third kappa shape index (κ3) is 3.81. The average Bonchev–Trinajstić information content (AvgIpc) is 3.26. The highest BCUT2D eigenvalue weighted by molar-refractivity contribution is 5.95. The molecule has 0 radical (unpaired) electrons. The van der Waals surface area contributed by atoms with Crippen LogP contribution in [-0.2, 0) is 4.79 Å². The first-order valence-corrected chi connectivity index (χ1v) is 8.36. The molecule has 1 saturated carbocycles. The van der Waals surface area contributed by atoms with E-state index in [0.717, 1.165) is 37.8 Å². The molecule has 2 aliphatic rings. The van der Waals surface area contributed by atoms with Gasteiger partial charge in [0.2, 0.25) is 5.91 Å². The van der Waals surface area contributed by atoms with Crippen molar-refractivity contribution >= 4 is 17.9 Å². The van der Waals surface area contributed by atoms with Gasteiger partial charge in [-0.3, -0.25) is 9.59 Å². The standard InChI is InChI=1S/C19H24N2O2/c1-19(2)12-3-13-21(19)17(22)11-6-14-4-7-15(8-5-14)18(23)20-16-9-10-16/h4-8,11,16H,3,9-10,12-13H2,1-2H3,(H,20,23)/b11-6-. The molecule has 0 bridgehead atoms. The van der Waals surface area contributed by atoms with Crippen molar-refractivity contribution in [3.8, 4) is 0 Å². The summed E-state index contributed by atoms with van der Waals surface area (Å²) in [6.07, 6.45) is 7.74. The van der Waals surface area contributed by atoms with Crippen LogP contribution >= 0.6 is 0 Å². The van der Waals surface area contributed by atoms with Crippen LogP contribution in [0.4, 0.5) is 0 Å². The zero-order valence-electron chi connectivity index (χ0n) is 13.8. The molecule has 1 saturated heterocycles. The number of rotatable bonds is 4. The number of carbonyl (C=O) groups is 2. The molecule has 0 unspecified atom stereocenters. The van der Waals surface area contributed by atoms with Gasteiger partial charge in [0.25, 0.3) is 5.91 Å². The van der Waals surface area contributed by atoms with Gasteiger partial charge in [-0.05, 0) is 63.3 Å². The van der Waals surface area contributed by atoms with E-state index in [1.807, 2.05) is 35.2 Å². The molecule has 1 heterocycles. The minimum absolute atomic E-state index is 0.0158. The number of hydrogen-bond acceptors (Lipinski definition) is 2. The second kappa shape index (κ2) is 6.19. The van der Waals surface area contributed by atoms with E-state index in [1.54, 1.807) is 6.08 Å². The third-order valence-corrected chi connectivity index (χ3v) is 4.67. The van der Waals surface area contributed by atoms with Crippen LogP contribution in [0.3, 0.4) is 0 Å². The van der Waals surface area contributed by atoms with Crippen molar-refractivity contribution in [1.29, 1.82) is 0 Å². The maximum Gasteiger partial charge on any atom is 0.251 e. The van der Waals surface area contributed by atoms with Gasteiger partial charge in [0.15, 0.2) is 0 Å². The Labute approximate surface area is 137 Å². The molecule has 2 fully saturated rings. The van der Waals surface area contributed by atoms with E-state index in [1.165, 1.54) is 0 Å². The van der Waals surface area contributed by atoms with Crippen LogP contribution in [0, 0.1) is 0 Å². The number of hydrogen-bond donors (Lipinski definition) is 1. The Kier molecular flexibility index (Phi) is 4.24. The van der Waals surface area contributed by atoms with E-state index in [9.17, 15) is 9.59 Å². The molecule has 2 amide bonds. The van der Waals surface area contributed by atoms with Crippen LogP contribution in [-0.4, -0.2) is 34.8 Å². The second-order valence-corrected chi connectivity index (χ2v) is 7.11. The molecule has 4 heteroatoms. The van der Waals surface area contributed by atoms with Crippen molar-refractivity contribution in [2.24, 2.45) is 0 Å². The van der Waals surface area contributed by atoms with Gasteiger partial charge in [-0.1, -0.05) is 12.1 Å². The quantitative estimate of drug-likeness (QED) is 0.869. The summed E-state index contributed by atoms with van der Waals surface area (Å²) in [7, 11) is 0. The average molecular weight is 312 g/mol. The third-order valence-electron chi connectivity index (χ3n) is 4.67. The molecule has 0 aromatic heterocycles. The number of benzene rings is 1. The lowest BCUT2D eigenvalue weighted by Crippen LogP contribution is -2.41. The Morgan fingerprint density at radius 3 is 2.48 bits per heavy atom. The largest absolute Gasteiger partial charge is 0.349 e. The fraction of sp³-hybridized carbons (Fsp3) is 0.474. The summed E-state index contributed by atoms with van der Waals surface area (Å²) >= 11 is 0. The van der Waals surface area contributed by atoms with Gasteiger partial charge in [-0.15, -0.1) is 0 Å². The molecular formula is C19H24N2O2. The van der Waals surface area contributed by atoms with Gasteiger partial charge in [0.1, 0.15) is 0 Å². The molecule has 1 aromatic rings. The minimum Gasteiger partial charge on any atom is -0.349 e. The van der Waals surface area contributed by atoms with Crippen molar-refractivity contribution in [2.45, 2.75) is 51.1 Å². The Hall–Kier alpha value is -2.10. The maximum absolute atomic E-state index is 12.3. The molecule has 1 aliphatic carbocycles. The van der Waals surface area contributed by atoms with Crippen LogP contribution in [0.1, 0.15) is 55.5 Å². The van der Waals surface area contributed by atoms with E-state index in [0.29, 0.717) is 11.6 Å². The van der Waals surface area contributed by atoms with Gasteiger partial charge in [0, 0.05) is 29.8 Å². The monoisotopic (exact) mass is 312 g/mol. The van der Waals surface area contributed by atoms with Crippen molar-refractivity contribution in [3.05, 3.63) is 41.5 Å². The zero-order valence-corrected chi connectivity index (χ0v) is 13.8. The summed E-state index contributed by atoms with van der Waals surface area (Å²) in [4.78, 5) is 26.2. The van der Waals surface area contributed by atoms with Gasteiger partial charge >= 0.3 is 0 Å². The van der Waals surface area contributed by atoms with Crippen LogP contribution in [0.25, 0.3) is 6.08 Å². The van der Waals surface area contributed by atoms with Gasteiger partial charge < -0.3 is 10.2 Å². The molecule has 0 atom stereocenters. The first kappa shape index (κ1) is 15.8. The lowest BCUT2D eigenvalue weighted by molar-refractivity contribution is -0.128. The summed E-state index contributed by atoms with van der Waals surface area (Å²) in [5.41, 5.74) is 1.55. The molecular weight excluding hydrogens is 288 g/mol. The molecule has 0 spiro atoms. The van der Waals surface area contributed by atoms with Crippen LogP contribution in [0.2, 0.25) is 0 Å². The van der Waals surface area contributed by atoms with Crippen LogP contribution < -0.4 is 5.32 Å². The van der Waals surface area contributed by atoms with E-state index in [-0.39, 0.29) is 17.4 Å². The highest BCUT2D eigenvalue weighted by atomic mass is 16.2. The first-order chi connectivity index (χ1) is 11.0. The van der Waals surface area contributed by atoms with Crippen LogP contribution in [0.5, 0.6) is 0 Å².